The monoisotopic (exact) mass is 223 g/mol. The Kier molecular flexibility index (Phi) is 6.60. The van der Waals surface area contributed by atoms with Gasteiger partial charge in [0.2, 0.25) is 5.91 Å². The number of carbonyl (C=O) groups excluding carboxylic acids is 1. The molecule has 13 heavy (non-hydrogen) atoms. The van der Waals surface area contributed by atoms with Crippen molar-refractivity contribution in [3.8, 4) is 0 Å². The highest BCUT2D eigenvalue weighted by molar-refractivity contribution is 7.99. The first-order chi connectivity index (χ1) is 6.08. The second kappa shape index (κ2) is 6.55. The molecule has 1 amide bonds. The summed E-state index contributed by atoms with van der Waals surface area (Å²) < 4.78 is 0. The highest BCUT2D eigenvalue weighted by Crippen LogP contribution is 2.15. The molecular weight excluding hydrogens is 206 g/mol. The van der Waals surface area contributed by atoms with Gasteiger partial charge in [-0.2, -0.15) is 11.8 Å². The Balaban J connectivity index is 4.02. The van der Waals surface area contributed by atoms with Crippen LogP contribution in [0.4, 0.5) is 0 Å². The van der Waals surface area contributed by atoms with Crippen molar-refractivity contribution in [1.29, 1.82) is 0 Å². The molecule has 0 saturated heterocycles. The highest BCUT2D eigenvalue weighted by atomic mass is 35.5. The Morgan fingerprint density at radius 3 is 2.62 bits per heavy atom. The van der Waals surface area contributed by atoms with Crippen molar-refractivity contribution in [2.45, 2.75) is 32.2 Å². The summed E-state index contributed by atoms with van der Waals surface area (Å²) in [6, 6.07) is 0. The molecule has 0 saturated carbocycles. The van der Waals surface area contributed by atoms with Gasteiger partial charge < -0.3 is 5.32 Å². The molecule has 0 aromatic carbocycles. The summed E-state index contributed by atoms with van der Waals surface area (Å²) in [7, 11) is 0. The summed E-state index contributed by atoms with van der Waals surface area (Å²) in [6.45, 7) is 4.10. The van der Waals surface area contributed by atoms with Crippen LogP contribution in [-0.2, 0) is 4.79 Å². The molecule has 0 aliphatic heterocycles. The Hall–Kier alpha value is 0.110. The molecule has 0 aliphatic rings. The van der Waals surface area contributed by atoms with Crippen molar-refractivity contribution in [1.82, 2.24) is 5.32 Å². The van der Waals surface area contributed by atoms with Crippen LogP contribution in [0.2, 0.25) is 0 Å². The number of alkyl halides is 1. The van der Waals surface area contributed by atoms with Gasteiger partial charge in [-0.15, -0.1) is 11.6 Å². The van der Waals surface area contributed by atoms with Gasteiger partial charge in [-0.1, -0.05) is 6.92 Å². The van der Waals surface area contributed by atoms with E-state index in [9.17, 15) is 4.79 Å². The van der Waals surface area contributed by atoms with Crippen molar-refractivity contribution in [2.24, 2.45) is 0 Å². The van der Waals surface area contributed by atoms with E-state index in [4.69, 9.17) is 11.6 Å². The number of hydrogen-bond acceptors (Lipinski definition) is 2. The normalized spacial score (nSPS) is 15.1. The lowest BCUT2D eigenvalue weighted by Crippen LogP contribution is -2.46. The largest absolute Gasteiger partial charge is 0.350 e. The second-order valence-electron chi connectivity index (χ2n) is 3.33. The third-order valence-corrected chi connectivity index (χ3v) is 2.88. The van der Waals surface area contributed by atoms with Gasteiger partial charge in [0, 0.05) is 11.4 Å². The predicted molar refractivity (Wildman–Crippen MR) is 60.6 cm³/mol. The van der Waals surface area contributed by atoms with Crippen LogP contribution in [0.5, 0.6) is 0 Å². The summed E-state index contributed by atoms with van der Waals surface area (Å²) in [6.07, 6.45) is 3.66. The van der Waals surface area contributed by atoms with Crippen LogP contribution in [-0.4, -0.2) is 29.3 Å². The van der Waals surface area contributed by atoms with Crippen molar-refractivity contribution in [2.75, 3.05) is 17.9 Å². The minimum absolute atomic E-state index is 0.0990. The molecule has 1 unspecified atom stereocenters. The fourth-order valence-corrected chi connectivity index (χ4v) is 1.79. The van der Waals surface area contributed by atoms with Crippen LogP contribution in [0.1, 0.15) is 26.7 Å². The van der Waals surface area contributed by atoms with Crippen LogP contribution in [0.15, 0.2) is 0 Å². The second-order valence-corrected chi connectivity index (χ2v) is 4.58. The minimum Gasteiger partial charge on any atom is -0.350 e. The van der Waals surface area contributed by atoms with Gasteiger partial charge in [-0.05, 0) is 26.0 Å². The lowest BCUT2D eigenvalue weighted by atomic mass is 9.95. The van der Waals surface area contributed by atoms with E-state index in [2.05, 4.69) is 12.2 Å². The molecule has 0 rings (SSSR count). The molecule has 0 radical (unpaired) electrons. The Labute approximate surface area is 89.8 Å². The molecule has 0 aliphatic carbocycles. The quantitative estimate of drug-likeness (QED) is 0.700. The van der Waals surface area contributed by atoms with Gasteiger partial charge in [-0.25, -0.2) is 0 Å². The average Bonchev–Trinajstić information content (AvgIpc) is 2.05. The molecular formula is C9H18ClNOS. The van der Waals surface area contributed by atoms with Gasteiger partial charge in [0.05, 0.1) is 5.75 Å². The van der Waals surface area contributed by atoms with E-state index in [-0.39, 0.29) is 11.4 Å². The number of amides is 1. The standard InChI is InChI=1S/C9H18ClNOS/c1-4-9(2,5-6-10)11-8(12)7-13-3/h4-7H2,1-3H3,(H,11,12). The average molecular weight is 224 g/mol. The Morgan fingerprint density at radius 2 is 2.23 bits per heavy atom. The minimum atomic E-state index is -0.130. The van der Waals surface area contributed by atoms with E-state index in [1.165, 1.54) is 11.8 Å². The first kappa shape index (κ1) is 13.1. The van der Waals surface area contributed by atoms with Crippen LogP contribution in [0.3, 0.4) is 0 Å². The van der Waals surface area contributed by atoms with Crippen LogP contribution in [0, 0.1) is 0 Å². The van der Waals surface area contributed by atoms with Crippen LogP contribution < -0.4 is 5.32 Å². The Morgan fingerprint density at radius 1 is 1.62 bits per heavy atom. The molecule has 1 atom stereocenters. The highest BCUT2D eigenvalue weighted by Gasteiger charge is 2.22. The number of nitrogens with one attached hydrogen (secondary N) is 1. The zero-order chi connectivity index (χ0) is 10.3. The third-order valence-electron chi connectivity index (χ3n) is 2.14. The van der Waals surface area contributed by atoms with Crippen LogP contribution in [0.25, 0.3) is 0 Å². The topological polar surface area (TPSA) is 29.1 Å². The molecule has 0 heterocycles. The number of rotatable bonds is 6. The molecule has 0 aromatic heterocycles. The fourth-order valence-electron chi connectivity index (χ4n) is 1.04. The van der Waals surface area contributed by atoms with Gasteiger partial charge in [0.25, 0.3) is 0 Å². The van der Waals surface area contributed by atoms with Gasteiger partial charge in [0.15, 0.2) is 0 Å². The first-order valence-electron chi connectivity index (χ1n) is 4.44. The van der Waals surface area contributed by atoms with Gasteiger partial charge >= 0.3 is 0 Å². The van der Waals surface area contributed by atoms with E-state index in [1.54, 1.807) is 0 Å². The molecule has 4 heteroatoms. The third kappa shape index (κ3) is 5.42. The zero-order valence-electron chi connectivity index (χ0n) is 8.52. The van der Waals surface area contributed by atoms with Crippen molar-refractivity contribution in [3.63, 3.8) is 0 Å². The summed E-state index contributed by atoms with van der Waals surface area (Å²) in [5.74, 6) is 1.21. The van der Waals surface area contributed by atoms with Crippen molar-refractivity contribution in [3.05, 3.63) is 0 Å². The number of hydrogen-bond donors (Lipinski definition) is 1. The maximum Gasteiger partial charge on any atom is 0.230 e. The SMILES string of the molecule is CCC(C)(CCCl)NC(=O)CSC. The number of carbonyl (C=O) groups is 1. The van der Waals surface area contributed by atoms with Crippen molar-refractivity contribution < 1.29 is 4.79 Å². The molecule has 0 spiro atoms. The Bertz CT molecular complexity index is 166. The number of thioether (sulfide) groups is 1. The van der Waals surface area contributed by atoms with E-state index in [1.807, 2.05) is 13.2 Å². The number of halogens is 1. The lowest BCUT2D eigenvalue weighted by Gasteiger charge is -2.28. The molecule has 78 valence electrons. The van der Waals surface area contributed by atoms with Crippen molar-refractivity contribution >= 4 is 29.3 Å². The first-order valence-corrected chi connectivity index (χ1v) is 6.36. The molecule has 0 bridgehead atoms. The summed E-state index contributed by atoms with van der Waals surface area (Å²) in [5.41, 5.74) is -0.130. The fraction of sp³-hybridized carbons (Fsp3) is 0.889. The maximum absolute atomic E-state index is 11.3. The smallest absolute Gasteiger partial charge is 0.230 e. The zero-order valence-corrected chi connectivity index (χ0v) is 10.1. The van der Waals surface area contributed by atoms with E-state index in [0.29, 0.717) is 11.6 Å². The molecule has 2 nitrogen and oxygen atoms in total. The molecule has 0 fully saturated rings. The lowest BCUT2D eigenvalue weighted by molar-refractivity contribution is -0.120. The summed E-state index contributed by atoms with van der Waals surface area (Å²) in [5, 5.41) is 3.00. The van der Waals surface area contributed by atoms with E-state index < -0.39 is 0 Å². The summed E-state index contributed by atoms with van der Waals surface area (Å²) in [4.78, 5) is 11.3. The maximum atomic E-state index is 11.3. The van der Waals surface area contributed by atoms with Crippen LogP contribution >= 0.6 is 23.4 Å². The van der Waals surface area contributed by atoms with E-state index >= 15 is 0 Å². The van der Waals surface area contributed by atoms with Gasteiger partial charge in [0.1, 0.15) is 0 Å². The molecule has 1 N–H and O–H groups in total. The predicted octanol–water partition coefficient (Wildman–Crippen LogP) is 2.26. The summed E-state index contributed by atoms with van der Waals surface area (Å²) >= 11 is 7.20. The van der Waals surface area contributed by atoms with E-state index in [0.717, 1.165) is 12.8 Å². The molecule has 0 aromatic rings. The van der Waals surface area contributed by atoms with Gasteiger partial charge in [-0.3, -0.25) is 4.79 Å².